The fourth-order valence-corrected chi connectivity index (χ4v) is 2.86. The quantitative estimate of drug-likeness (QED) is 0.659. The van der Waals surface area contributed by atoms with Crippen molar-refractivity contribution >= 4 is 22.7 Å². The van der Waals surface area contributed by atoms with Crippen LogP contribution in [0.25, 0.3) is 22.7 Å². The van der Waals surface area contributed by atoms with Gasteiger partial charge in [-0.1, -0.05) is 12.1 Å². The topological polar surface area (TPSA) is 60.1 Å². The zero-order valence-electron chi connectivity index (χ0n) is 14.5. The molecule has 0 fully saturated rings. The summed E-state index contributed by atoms with van der Waals surface area (Å²) in [4.78, 5) is 4.65. The molecule has 0 amide bonds. The van der Waals surface area contributed by atoms with Crippen LogP contribution in [0, 0.1) is 11.3 Å². The summed E-state index contributed by atoms with van der Waals surface area (Å²) < 4.78 is 12.7. The molecule has 0 saturated heterocycles. The van der Waals surface area contributed by atoms with Crippen LogP contribution >= 0.6 is 0 Å². The number of hydrogen-bond acceptors (Lipinski definition) is 4. The molecule has 25 heavy (non-hydrogen) atoms. The zero-order chi connectivity index (χ0) is 17.8. The first kappa shape index (κ1) is 16.6. The molecular weight excluding hydrogens is 314 g/mol. The van der Waals surface area contributed by atoms with Crippen LogP contribution in [0.15, 0.2) is 42.5 Å². The summed E-state index contributed by atoms with van der Waals surface area (Å²) in [7, 11) is 3.21. The summed E-state index contributed by atoms with van der Waals surface area (Å²) in [6, 6.07) is 15.6. The number of imidazole rings is 1. The number of para-hydroxylation sites is 2. The lowest BCUT2D eigenvalue weighted by molar-refractivity contribution is 0.402. The molecule has 3 rings (SSSR count). The van der Waals surface area contributed by atoms with E-state index in [-0.39, 0.29) is 0 Å². The van der Waals surface area contributed by atoms with Crippen molar-refractivity contribution in [1.82, 2.24) is 9.55 Å². The van der Waals surface area contributed by atoms with Crippen molar-refractivity contribution in [3.05, 3.63) is 53.9 Å². The Morgan fingerprint density at radius 3 is 2.68 bits per heavy atom. The minimum atomic E-state index is 0.476. The van der Waals surface area contributed by atoms with Gasteiger partial charge in [0.2, 0.25) is 0 Å². The molecule has 2 aromatic carbocycles. The Hall–Kier alpha value is -3.26. The van der Waals surface area contributed by atoms with Crippen molar-refractivity contribution in [2.24, 2.45) is 0 Å². The molecule has 5 heteroatoms. The first-order chi connectivity index (χ1) is 12.2. The van der Waals surface area contributed by atoms with E-state index in [9.17, 15) is 5.26 Å². The van der Waals surface area contributed by atoms with Crippen LogP contribution in [-0.2, 0) is 6.54 Å². The van der Waals surface area contributed by atoms with Crippen LogP contribution < -0.4 is 9.47 Å². The molecule has 0 bridgehead atoms. The monoisotopic (exact) mass is 333 g/mol. The number of aryl methyl sites for hydroxylation is 1. The van der Waals surface area contributed by atoms with Gasteiger partial charge in [-0.3, -0.25) is 0 Å². The average molecular weight is 333 g/mol. The Bertz CT molecular complexity index is 980. The molecule has 0 aliphatic rings. The maximum absolute atomic E-state index is 9.73. The van der Waals surface area contributed by atoms with Crippen LogP contribution in [-0.4, -0.2) is 23.8 Å². The Morgan fingerprint density at radius 2 is 2.00 bits per heavy atom. The van der Waals surface area contributed by atoms with Crippen LogP contribution in [0.5, 0.6) is 11.5 Å². The Balaban J connectivity index is 2.19. The summed E-state index contributed by atoms with van der Waals surface area (Å²) in [5, 5.41) is 9.73. The lowest BCUT2D eigenvalue weighted by Crippen LogP contribution is -2.00. The van der Waals surface area contributed by atoms with Crippen molar-refractivity contribution in [2.75, 3.05) is 14.2 Å². The largest absolute Gasteiger partial charge is 0.497 e. The van der Waals surface area contributed by atoms with Crippen molar-refractivity contribution in [3.8, 4) is 17.6 Å². The van der Waals surface area contributed by atoms with E-state index in [1.54, 1.807) is 20.3 Å². The molecule has 0 aliphatic carbocycles. The molecule has 0 spiro atoms. The van der Waals surface area contributed by atoms with E-state index in [0.29, 0.717) is 22.9 Å². The first-order valence-corrected chi connectivity index (χ1v) is 8.01. The number of fused-ring (bicyclic) bond motifs is 1. The smallest absolute Gasteiger partial charge is 0.151 e. The highest BCUT2D eigenvalue weighted by Gasteiger charge is 2.14. The minimum absolute atomic E-state index is 0.476. The number of nitriles is 1. The number of ether oxygens (including phenoxy) is 2. The second kappa shape index (κ2) is 7.10. The number of hydrogen-bond donors (Lipinski definition) is 0. The summed E-state index contributed by atoms with van der Waals surface area (Å²) in [6.45, 7) is 2.77. The molecule has 126 valence electrons. The van der Waals surface area contributed by atoms with Gasteiger partial charge in [0.25, 0.3) is 0 Å². The van der Waals surface area contributed by atoms with Gasteiger partial charge in [-0.2, -0.15) is 5.26 Å². The Labute approximate surface area is 146 Å². The molecule has 5 nitrogen and oxygen atoms in total. The summed E-state index contributed by atoms with van der Waals surface area (Å²) >= 11 is 0. The van der Waals surface area contributed by atoms with E-state index in [1.165, 1.54) is 0 Å². The van der Waals surface area contributed by atoms with Gasteiger partial charge >= 0.3 is 0 Å². The van der Waals surface area contributed by atoms with Crippen molar-refractivity contribution in [2.45, 2.75) is 13.5 Å². The molecular formula is C20H19N3O2. The maximum Gasteiger partial charge on any atom is 0.151 e. The van der Waals surface area contributed by atoms with Crippen LogP contribution in [0.1, 0.15) is 18.3 Å². The highest BCUT2D eigenvalue weighted by Crippen LogP contribution is 2.29. The lowest BCUT2D eigenvalue weighted by atomic mass is 10.1. The van der Waals surface area contributed by atoms with Gasteiger partial charge < -0.3 is 14.0 Å². The lowest BCUT2D eigenvalue weighted by Gasteiger charge is -2.09. The number of benzene rings is 2. The first-order valence-electron chi connectivity index (χ1n) is 8.01. The predicted octanol–water partition coefficient (Wildman–Crippen LogP) is 4.14. The third-order valence-corrected chi connectivity index (χ3v) is 4.07. The fraction of sp³-hybridized carbons (Fsp3) is 0.200. The summed E-state index contributed by atoms with van der Waals surface area (Å²) in [5.41, 5.74) is 3.13. The average Bonchev–Trinajstić information content (AvgIpc) is 3.04. The second-order valence-corrected chi connectivity index (χ2v) is 5.45. The SMILES string of the molecule is CCn1c(/C(C#N)=C\c2cc(OC)ccc2OC)nc2ccccc21. The van der Waals surface area contributed by atoms with Gasteiger partial charge in [0.15, 0.2) is 5.82 Å². The normalized spacial score (nSPS) is 11.4. The predicted molar refractivity (Wildman–Crippen MR) is 98.4 cm³/mol. The third-order valence-electron chi connectivity index (χ3n) is 4.07. The summed E-state index contributed by atoms with van der Waals surface area (Å²) in [6.07, 6.45) is 1.79. The molecule has 0 aliphatic heterocycles. The van der Waals surface area contributed by atoms with Gasteiger partial charge in [0.05, 0.1) is 30.8 Å². The van der Waals surface area contributed by atoms with E-state index in [0.717, 1.165) is 23.1 Å². The van der Waals surface area contributed by atoms with Crippen LogP contribution in [0.2, 0.25) is 0 Å². The van der Waals surface area contributed by atoms with Crippen molar-refractivity contribution < 1.29 is 9.47 Å². The summed E-state index contributed by atoms with van der Waals surface area (Å²) in [5.74, 6) is 2.03. The van der Waals surface area contributed by atoms with Crippen molar-refractivity contribution in [3.63, 3.8) is 0 Å². The second-order valence-electron chi connectivity index (χ2n) is 5.45. The van der Waals surface area contributed by atoms with E-state index in [4.69, 9.17) is 9.47 Å². The van der Waals surface area contributed by atoms with Crippen LogP contribution in [0.3, 0.4) is 0 Å². The third kappa shape index (κ3) is 3.07. The number of aromatic nitrogens is 2. The number of methoxy groups -OCH3 is 2. The molecule has 3 aromatic rings. The molecule has 0 radical (unpaired) electrons. The number of allylic oxidation sites excluding steroid dienone is 1. The van der Waals surface area contributed by atoms with Crippen LogP contribution in [0.4, 0.5) is 0 Å². The van der Waals surface area contributed by atoms with Gasteiger partial charge in [-0.05, 0) is 43.3 Å². The maximum atomic E-state index is 9.73. The highest BCUT2D eigenvalue weighted by molar-refractivity contribution is 5.91. The molecule has 1 heterocycles. The molecule has 0 unspecified atom stereocenters. The van der Waals surface area contributed by atoms with E-state index in [2.05, 4.69) is 11.1 Å². The number of nitrogens with zero attached hydrogens (tertiary/aromatic N) is 3. The molecule has 0 atom stereocenters. The van der Waals surface area contributed by atoms with E-state index >= 15 is 0 Å². The van der Waals surface area contributed by atoms with Gasteiger partial charge in [-0.25, -0.2) is 4.98 Å². The fourth-order valence-electron chi connectivity index (χ4n) is 2.86. The van der Waals surface area contributed by atoms with E-state index in [1.807, 2.05) is 54.0 Å². The minimum Gasteiger partial charge on any atom is -0.497 e. The van der Waals surface area contributed by atoms with Gasteiger partial charge in [0, 0.05) is 12.1 Å². The highest BCUT2D eigenvalue weighted by atomic mass is 16.5. The van der Waals surface area contributed by atoms with E-state index < -0.39 is 0 Å². The van der Waals surface area contributed by atoms with Gasteiger partial charge in [-0.15, -0.1) is 0 Å². The standard InChI is InChI=1S/C20H19N3O2/c1-4-23-18-8-6-5-7-17(18)22-20(23)15(13-21)11-14-12-16(24-2)9-10-19(14)25-3/h5-12H,4H2,1-3H3/b15-11-. The Kier molecular flexibility index (Phi) is 4.71. The van der Waals surface area contributed by atoms with Crippen molar-refractivity contribution in [1.29, 1.82) is 5.26 Å². The molecule has 1 aromatic heterocycles. The number of rotatable bonds is 5. The van der Waals surface area contributed by atoms with Gasteiger partial charge in [0.1, 0.15) is 17.6 Å². The Morgan fingerprint density at radius 1 is 1.20 bits per heavy atom. The molecule has 0 saturated carbocycles. The molecule has 0 N–H and O–H groups in total. The zero-order valence-corrected chi connectivity index (χ0v) is 14.5.